The summed E-state index contributed by atoms with van der Waals surface area (Å²) in [5.74, 6) is 0.995. The highest BCUT2D eigenvalue weighted by molar-refractivity contribution is 7.89. The number of primary sulfonamides is 1. The van der Waals surface area contributed by atoms with E-state index in [-0.39, 0.29) is 22.4 Å². The van der Waals surface area contributed by atoms with Gasteiger partial charge in [-0.3, -0.25) is 4.79 Å². The first-order valence-corrected chi connectivity index (χ1v) is 8.65. The summed E-state index contributed by atoms with van der Waals surface area (Å²) in [6.07, 6.45) is 0. The maximum atomic E-state index is 12.4. The summed E-state index contributed by atoms with van der Waals surface area (Å²) >= 11 is 0. The van der Waals surface area contributed by atoms with Gasteiger partial charge in [0.2, 0.25) is 10.0 Å². The van der Waals surface area contributed by atoms with Crippen molar-refractivity contribution < 1.29 is 17.6 Å². The van der Waals surface area contributed by atoms with Gasteiger partial charge in [-0.15, -0.1) is 0 Å². The molecule has 0 aliphatic carbocycles. The van der Waals surface area contributed by atoms with Gasteiger partial charge in [-0.1, -0.05) is 0 Å². The number of rotatable bonds is 4. The number of nitrogens with one attached hydrogen (secondary N) is 1. The molecule has 1 aromatic heterocycles. The Labute approximate surface area is 135 Å². The molecule has 0 aliphatic heterocycles. The smallest absolute Gasteiger partial charge is 0.251 e. The normalized spacial score (nSPS) is 12.9. The van der Waals surface area contributed by atoms with Crippen LogP contribution in [0.2, 0.25) is 0 Å². The molecule has 1 unspecified atom stereocenters. The summed E-state index contributed by atoms with van der Waals surface area (Å²) in [5.41, 5.74) is 1.47. The van der Waals surface area contributed by atoms with E-state index in [9.17, 15) is 13.2 Å². The third-order valence-electron chi connectivity index (χ3n) is 3.72. The summed E-state index contributed by atoms with van der Waals surface area (Å²) in [6.45, 7) is 7.00. The summed E-state index contributed by atoms with van der Waals surface area (Å²) in [6, 6.07) is 6.20. The SMILES string of the molecule is Cc1ccc(C(C)NC(=O)c2cc(C)c(C)c(S(N)(=O)=O)c2)o1. The number of sulfonamides is 1. The Bertz CT molecular complexity index is 853. The molecule has 124 valence electrons. The Balaban J connectivity index is 2.31. The summed E-state index contributed by atoms with van der Waals surface area (Å²) in [7, 11) is -3.89. The molecule has 1 heterocycles. The number of carbonyl (C=O) groups excluding carboxylic acids is 1. The second-order valence-corrected chi connectivity index (χ2v) is 7.13. The molecule has 7 heteroatoms. The minimum Gasteiger partial charge on any atom is -0.464 e. The van der Waals surface area contributed by atoms with Gasteiger partial charge >= 0.3 is 0 Å². The molecule has 0 spiro atoms. The van der Waals surface area contributed by atoms with Crippen molar-refractivity contribution in [3.05, 3.63) is 52.5 Å². The predicted octanol–water partition coefficient (Wildman–Crippen LogP) is 2.34. The quantitative estimate of drug-likeness (QED) is 0.894. The maximum Gasteiger partial charge on any atom is 0.251 e. The van der Waals surface area contributed by atoms with Crippen LogP contribution in [-0.4, -0.2) is 14.3 Å². The molecule has 0 saturated heterocycles. The maximum absolute atomic E-state index is 12.4. The van der Waals surface area contributed by atoms with Crippen LogP contribution < -0.4 is 10.5 Å². The van der Waals surface area contributed by atoms with Crippen LogP contribution in [0.5, 0.6) is 0 Å². The highest BCUT2D eigenvalue weighted by Crippen LogP contribution is 2.21. The number of furan rings is 1. The van der Waals surface area contributed by atoms with Crippen molar-refractivity contribution in [2.45, 2.75) is 38.6 Å². The lowest BCUT2D eigenvalue weighted by Crippen LogP contribution is -2.27. The molecule has 1 amide bonds. The fourth-order valence-corrected chi connectivity index (χ4v) is 3.17. The van der Waals surface area contributed by atoms with Crippen molar-refractivity contribution in [1.82, 2.24) is 5.32 Å². The molecule has 1 aromatic carbocycles. The van der Waals surface area contributed by atoms with Crippen LogP contribution >= 0.6 is 0 Å². The molecule has 23 heavy (non-hydrogen) atoms. The molecular weight excluding hydrogens is 316 g/mol. The van der Waals surface area contributed by atoms with E-state index in [2.05, 4.69) is 5.32 Å². The molecule has 0 fully saturated rings. The van der Waals surface area contributed by atoms with Gasteiger partial charge in [0.25, 0.3) is 5.91 Å². The van der Waals surface area contributed by atoms with E-state index in [0.717, 1.165) is 5.76 Å². The Morgan fingerprint density at radius 2 is 1.87 bits per heavy atom. The molecule has 0 aliphatic rings. The van der Waals surface area contributed by atoms with E-state index in [1.165, 1.54) is 6.07 Å². The van der Waals surface area contributed by atoms with Gasteiger partial charge in [0.15, 0.2) is 0 Å². The van der Waals surface area contributed by atoms with Gasteiger partial charge in [-0.25, -0.2) is 13.6 Å². The number of aryl methyl sites for hydroxylation is 2. The molecule has 0 radical (unpaired) electrons. The highest BCUT2D eigenvalue weighted by Gasteiger charge is 2.19. The van der Waals surface area contributed by atoms with Gasteiger partial charge in [0.05, 0.1) is 10.9 Å². The van der Waals surface area contributed by atoms with E-state index in [1.54, 1.807) is 32.9 Å². The standard InChI is InChI=1S/C16H20N2O4S/c1-9-7-13(8-15(11(9)3)23(17,20)21)16(19)18-12(4)14-6-5-10(2)22-14/h5-8,12H,1-4H3,(H,18,19)(H2,17,20,21). The van der Waals surface area contributed by atoms with E-state index in [1.807, 2.05) is 13.0 Å². The molecule has 3 N–H and O–H groups in total. The second-order valence-electron chi connectivity index (χ2n) is 5.60. The van der Waals surface area contributed by atoms with Crippen LogP contribution in [0, 0.1) is 20.8 Å². The van der Waals surface area contributed by atoms with Crippen molar-refractivity contribution in [2.75, 3.05) is 0 Å². The molecule has 1 atom stereocenters. The van der Waals surface area contributed by atoms with Crippen molar-refractivity contribution in [3.8, 4) is 0 Å². The number of carbonyl (C=O) groups is 1. The first kappa shape index (κ1) is 17.2. The molecule has 2 rings (SSSR count). The Kier molecular flexibility index (Phi) is 4.63. The molecule has 2 aromatic rings. The highest BCUT2D eigenvalue weighted by atomic mass is 32.2. The largest absolute Gasteiger partial charge is 0.464 e. The second kappa shape index (κ2) is 6.17. The predicted molar refractivity (Wildman–Crippen MR) is 86.6 cm³/mol. The van der Waals surface area contributed by atoms with Crippen LogP contribution in [0.3, 0.4) is 0 Å². The summed E-state index contributed by atoms with van der Waals surface area (Å²) in [5, 5.41) is 8.00. The number of hydrogen-bond acceptors (Lipinski definition) is 4. The zero-order valence-corrected chi connectivity index (χ0v) is 14.3. The van der Waals surface area contributed by atoms with Gasteiger partial charge in [0.1, 0.15) is 11.5 Å². The zero-order chi connectivity index (χ0) is 17.4. The number of benzene rings is 1. The van der Waals surface area contributed by atoms with Crippen molar-refractivity contribution >= 4 is 15.9 Å². The lowest BCUT2D eigenvalue weighted by Gasteiger charge is -2.14. The van der Waals surface area contributed by atoms with Crippen LogP contribution in [0.4, 0.5) is 0 Å². The first-order chi connectivity index (χ1) is 10.6. The van der Waals surface area contributed by atoms with E-state index >= 15 is 0 Å². The van der Waals surface area contributed by atoms with Crippen LogP contribution in [0.25, 0.3) is 0 Å². The topological polar surface area (TPSA) is 102 Å². The lowest BCUT2D eigenvalue weighted by atomic mass is 10.1. The number of hydrogen-bond donors (Lipinski definition) is 2. The van der Waals surface area contributed by atoms with Crippen molar-refractivity contribution in [1.29, 1.82) is 0 Å². The lowest BCUT2D eigenvalue weighted by molar-refractivity contribution is 0.0935. The molecular formula is C16H20N2O4S. The fourth-order valence-electron chi connectivity index (χ4n) is 2.29. The summed E-state index contributed by atoms with van der Waals surface area (Å²) in [4.78, 5) is 12.4. The van der Waals surface area contributed by atoms with Crippen LogP contribution in [0.15, 0.2) is 33.6 Å². The van der Waals surface area contributed by atoms with Gasteiger partial charge < -0.3 is 9.73 Å². The Morgan fingerprint density at radius 1 is 1.22 bits per heavy atom. The first-order valence-electron chi connectivity index (χ1n) is 7.11. The minimum absolute atomic E-state index is 0.0378. The molecule has 0 saturated carbocycles. The zero-order valence-electron chi connectivity index (χ0n) is 13.5. The average molecular weight is 336 g/mol. The molecule has 0 bridgehead atoms. The van der Waals surface area contributed by atoms with Gasteiger partial charge in [0, 0.05) is 5.56 Å². The third-order valence-corrected chi connectivity index (χ3v) is 4.76. The van der Waals surface area contributed by atoms with E-state index < -0.39 is 10.0 Å². The van der Waals surface area contributed by atoms with E-state index in [4.69, 9.17) is 9.56 Å². The van der Waals surface area contributed by atoms with Crippen molar-refractivity contribution in [3.63, 3.8) is 0 Å². The summed E-state index contributed by atoms with van der Waals surface area (Å²) < 4.78 is 28.8. The van der Waals surface area contributed by atoms with Crippen molar-refractivity contribution in [2.24, 2.45) is 5.14 Å². The van der Waals surface area contributed by atoms with Crippen LogP contribution in [0.1, 0.15) is 46.0 Å². The average Bonchev–Trinajstić information content (AvgIpc) is 2.87. The third kappa shape index (κ3) is 3.80. The van der Waals surface area contributed by atoms with Gasteiger partial charge in [-0.2, -0.15) is 0 Å². The number of nitrogens with two attached hydrogens (primary N) is 1. The molecule has 6 nitrogen and oxygen atoms in total. The fraction of sp³-hybridized carbons (Fsp3) is 0.312. The van der Waals surface area contributed by atoms with Crippen LogP contribution in [-0.2, 0) is 10.0 Å². The Morgan fingerprint density at radius 3 is 2.39 bits per heavy atom. The van der Waals surface area contributed by atoms with E-state index in [0.29, 0.717) is 16.9 Å². The minimum atomic E-state index is -3.89. The Hall–Kier alpha value is -2.12. The van der Waals surface area contributed by atoms with Gasteiger partial charge in [-0.05, 0) is 63.1 Å². The number of amides is 1. The monoisotopic (exact) mass is 336 g/mol.